The molecule has 0 spiro atoms. The molecule has 0 aliphatic carbocycles. The molecule has 1 unspecified atom stereocenters. The van der Waals surface area contributed by atoms with Crippen molar-refractivity contribution in [2.45, 2.75) is 40.7 Å². The fraction of sp³-hybridized carbons (Fsp3) is 0.300. The van der Waals surface area contributed by atoms with Gasteiger partial charge in [0.1, 0.15) is 11.6 Å². The lowest BCUT2D eigenvalue weighted by atomic mass is 10.2. The number of hydrogen-bond acceptors (Lipinski definition) is 5. The zero-order chi connectivity index (χ0) is 20.4. The molecule has 28 heavy (non-hydrogen) atoms. The van der Waals surface area contributed by atoms with Gasteiger partial charge in [-0.1, -0.05) is 11.6 Å². The average Bonchev–Trinajstić information content (AvgIpc) is 2.96. The summed E-state index contributed by atoms with van der Waals surface area (Å²) in [5.74, 6) is 1.19. The predicted molar refractivity (Wildman–Crippen MR) is 108 cm³/mol. The highest BCUT2D eigenvalue weighted by atomic mass is 35.5. The normalized spacial score (nSPS) is 11.9. The summed E-state index contributed by atoms with van der Waals surface area (Å²) in [4.78, 5) is 21.5. The van der Waals surface area contributed by atoms with E-state index in [0.29, 0.717) is 22.5 Å². The molecular formula is C20H22ClN5O2. The quantitative estimate of drug-likeness (QED) is 0.702. The van der Waals surface area contributed by atoms with Gasteiger partial charge in [0.05, 0.1) is 5.69 Å². The standard InChI is InChI=1S/C20H22ClN5O2/c1-11-8-16(21)6-7-17(11)28-15(5)19(27)24-18-10-14(4)25-26(18)20-22-12(2)9-13(3)23-20/h6-10,15H,1-5H3,(H,24,27). The molecule has 1 amide bonds. The van der Waals surface area contributed by atoms with Gasteiger partial charge in [-0.05, 0) is 64.4 Å². The summed E-state index contributed by atoms with van der Waals surface area (Å²) in [5.41, 5.74) is 3.24. The predicted octanol–water partition coefficient (Wildman–Crippen LogP) is 3.96. The van der Waals surface area contributed by atoms with E-state index in [9.17, 15) is 4.79 Å². The maximum Gasteiger partial charge on any atom is 0.266 e. The van der Waals surface area contributed by atoms with Crippen molar-refractivity contribution in [1.29, 1.82) is 0 Å². The fourth-order valence-electron chi connectivity index (χ4n) is 2.76. The summed E-state index contributed by atoms with van der Waals surface area (Å²) in [5, 5.41) is 7.88. The molecule has 0 saturated carbocycles. The molecule has 146 valence electrons. The van der Waals surface area contributed by atoms with Crippen LogP contribution in [0.3, 0.4) is 0 Å². The van der Waals surface area contributed by atoms with Crippen LogP contribution in [0.15, 0.2) is 30.3 Å². The first kappa shape index (κ1) is 19.8. The highest BCUT2D eigenvalue weighted by Gasteiger charge is 2.19. The Kier molecular flexibility index (Phi) is 5.65. The van der Waals surface area contributed by atoms with Crippen LogP contribution in [-0.4, -0.2) is 31.8 Å². The van der Waals surface area contributed by atoms with E-state index in [1.54, 1.807) is 31.2 Å². The molecule has 0 radical (unpaired) electrons. The monoisotopic (exact) mass is 399 g/mol. The van der Waals surface area contributed by atoms with Crippen molar-refractivity contribution < 1.29 is 9.53 Å². The van der Waals surface area contributed by atoms with Crippen LogP contribution in [0, 0.1) is 27.7 Å². The lowest BCUT2D eigenvalue weighted by molar-refractivity contribution is -0.122. The summed E-state index contributed by atoms with van der Waals surface area (Å²) < 4.78 is 7.31. The van der Waals surface area contributed by atoms with Gasteiger partial charge in [0.2, 0.25) is 0 Å². The van der Waals surface area contributed by atoms with Gasteiger partial charge in [-0.2, -0.15) is 9.78 Å². The largest absolute Gasteiger partial charge is 0.481 e. The number of ether oxygens (including phenoxy) is 1. The average molecular weight is 400 g/mol. The summed E-state index contributed by atoms with van der Waals surface area (Å²) in [6.07, 6.45) is -0.719. The first-order valence-corrected chi connectivity index (χ1v) is 9.23. The van der Waals surface area contributed by atoms with Gasteiger partial charge >= 0.3 is 0 Å². The van der Waals surface area contributed by atoms with Gasteiger partial charge in [-0.3, -0.25) is 4.79 Å². The Morgan fingerprint density at radius 1 is 1.07 bits per heavy atom. The van der Waals surface area contributed by atoms with Gasteiger partial charge in [0, 0.05) is 22.5 Å². The van der Waals surface area contributed by atoms with Crippen LogP contribution in [-0.2, 0) is 4.79 Å². The number of nitrogens with zero attached hydrogens (tertiary/aromatic N) is 4. The number of aromatic nitrogens is 4. The van der Waals surface area contributed by atoms with Crippen molar-refractivity contribution in [3.63, 3.8) is 0 Å². The number of halogens is 1. The highest BCUT2D eigenvalue weighted by molar-refractivity contribution is 6.30. The van der Waals surface area contributed by atoms with Gasteiger partial charge in [-0.25, -0.2) is 9.97 Å². The molecule has 1 aromatic carbocycles. The van der Waals surface area contributed by atoms with Crippen LogP contribution in [0.4, 0.5) is 5.82 Å². The molecule has 1 N–H and O–H groups in total. The topological polar surface area (TPSA) is 81.9 Å². The summed E-state index contributed by atoms with van der Waals surface area (Å²) >= 11 is 5.97. The number of hydrogen-bond donors (Lipinski definition) is 1. The number of aryl methyl sites for hydroxylation is 4. The molecule has 0 aliphatic heterocycles. The molecule has 3 aromatic rings. The molecule has 2 aromatic heterocycles. The summed E-state index contributed by atoms with van der Waals surface area (Å²) in [6, 6.07) is 8.91. The number of nitrogens with one attached hydrogen (secondary N) is 1. The van der Waals surface area contributed by atoms with Crippen molar-refractivity contribution in [1.82, 2.24) is 19.7 Å². The SMILES string of the molecule is Cc1cc(C)nc(-n2nc(C)cc2NC(=O)C(C)Oc2ccc(Cl)cc2C)n1. The first-order chi connectivity index (χ1) is 13.2. The smallest absolute Gasteiger partial charge is 0.266 e. The van der Waals surface area contributed by atoms with E-state index >= 15 is 0 Å². The Morgan fingerprint density at radius 3 is 2.39 bits per heavy atom. The third kappa shape index (κ3) is 4.48. The molecular weight excluding hydrogens is 378 g/mol. The molecule has 0 fully saturated rings. The fourth-order valence-corrected chi connectivity index (χ4v) is 2.99. The Bertz CT molecular complexity index is 1010. The number of rotatable bonds is 5. The number of anilines is 1. The van der Waals surface area contributed by atoms with Crippen LogP contribution in [0.5, 0.6) is 5.75 Å². The van der Waals surface area contributed by atoms with Gasteiger partial charge < -0.3 is 10.1 Å². The zero-order valence-corrected chi connectivity index (χ0v) is 17.2. The maximum absolute atomic E-state index is 12.7. The summed E-state index contributed by atoms with van der Waals surface area (Å²) in [7, 11) is 0. The van der Waals surface area contributed by atoms with Crippen LogP contribution < -0.4 is 10.1 Å². The lowest BCUT2D eigenvalue weighted by Gasteiger charge is -2.16. The highest BCUT2D eigenvalue weighted by Crippen LogP contribution is 2.23. The zero-order valence-electron chi connectivity index (χ0n) is 16.4. The van der Waals surface area contributed by atoms with Crippen LogP contribution in [0.2, 0.25) is 5.02 Å². The van der Waals surface area contributed by atoms with Gasteiger partial charge in [0.15, 0.2) is 6.10 Å². The van der Waals surface area contributed by atoms with Gasteiger partial charge in [0.25, 0.3) is 11.9 Å². The molecule has 3 rings (SSSR count). The molecule has 7 nitrogen and oxygen atoms in total. The van der Waals surface area contributed by atoms with Crippen LogP contribution in [0.25, 0.3) is 5.95 Å². The van der Waals surface area contributed by atoms with E-state index in [0.717, 1.165) is 22.6 Å². The number of carbonyl (C=O) groups is 1. The van der Waals surface area contributed by atoms with E-state index in [4.69, 9.17) is 16.3 Å². The third-order valence-electron chi connectivity index (χ3n) is 4.05. The van der Waals surface area contributed by atoms with E-state index in [1.165, 1.54) is 4.68 Å². The number of amides is 1. The molecule has 1 atom stereocenters. The Hall–Kier alpha value is -2.93. The maximum atomic E-state index is 12.7. The minimum atomic E-state index is -0.719. The van der Waals surface area contributed by atoms with Crippen molar-refractivity contribution >= 4 is 23.3 Å². The number of carbonyl (C=O) groups excluding carboxylic acids is 1. The molecule has 0 aliphatic rings. The van der Waals surface area contributed by atoms with E-state index in [1.807, 2.05) is 33.8 Å². The molecule has 8 heteroatoms. The Morgan fingerprint density at radius 2 is 1.75 bits per heavy atom. The first-order valence-electron chi connectivity index (χ1n) is 8.86. The minimum Gasteiger partial charge on any atom is -0.481 e. The molecule has 0 saturated heterocycles. The van der Waals surface area contributed by atoms with Crippen LogP contribution >= 0.6 is 11.6 Å². The van der Waals surface area contributed by atoms with Crippen LogP contribution in [0.1, 0.15) is 29.6 Å². The molecule has 0 bridgehead atoms. The van der Waals surface area contributed by atoms with Crippen molar-refractivity contribution in [3.05, 3.63) is 58.0 Å². The summed E-state index contributed by atoms with van der Waals surface area (Å²) in [6.45, 7) is 9.17. The second kappa shape index (κ2) is 7.98. The Labute approximate surface area is 168 Å². The molecule has 2 heterocycles. The minimum absolute atomic E-state index is 0.306. The third-order valence-corrected chi connectivity index (χ3v) is 4.29. The van der Waals surface area contributed by atoms with E-state index < -0.39 is 6.10 Å². The number of benzene rings is 1. The second-order valence-corrected chi connectivity index (χ2v) is 7.13. The van der Waals surface area contributed by atoms with E-state index in [-0.39, 0.29) is 5.91 Å². The second-order valence-electron chi connectivity index (χ2n) is 6.69. The van der Waals surface area contributed by atoms with E-state index in [2.05, 4.69) is 20.4 Å². The Balaban J connectivity index is 1.80. The lowest BCUT2D eigenvalue weighted by Crippen LogP contribution is -2.31. The van der Waals surface area contributed by atoms with Crippen molar-refractivity contribution in [2.75, 3.05) is 5.32 Å². The van der Waals surface area contributed by atoms with Gasteiger partial charge in [-0.15, -0.1) is 0 Å². The van der Waals surface area contributed by atoms with Crippen molar-refractivity contribution in [3.8, 4) is 11.7 Å². The van der Waals surface area contributed by atoms with Crippen molar-refractivity contribution in [2.24, 2.45) is 0 Å².